The topological polar surface area (TPSA) is 41.5 Å². The summed E-state index contributed by atoms with van der Waals surface area (Å²) < 4.78 is 18.9. The van der Waals surface area contributed by atoms with Crippen molar-refractivity contribution in [2.45, 2.75) is 6.04 Å². The van der Waals surface area contributed by atoms with Gasteiger partial charge in [0.1, 0.15) is 11.6 Å². The fourth-order valence-electron chi connectivity index (χ4n) is 2.01. The van der Waals surface area contributed by atoms with Gasteiger partial charge in [-0.1, -0.05) is 29.8 Å². The number of benzene rings is 2. The van der Waals surface area contributed by atoms with E-state index >= 15 is 0 Å². The third-order valence-electron chi connectivity index (χ3n) is 2.97. The summed E-state index contributed by atoms with van der Waals surface area (Å²) in [6.45, 7) is -0.242. The van der Waals surface area contributed by atoms with Crippen LogP contribution in [0, 0.1) is 5.82 Å². The molecule has 0 saturated heterocycles. The molecule has 0 saturated carbocycles. The number of methoxy groups -OCH3 is 1. The van der Waals surface area contributed by atoms with Crippen LogP contribution in [-0.2, 0) is 0 Å². The van der Waals surface area contributed by atoms with Gasteiger partial charge in [-0.05, 0) is 24.3 Å². The van der Waals surface area contributed by atoms with Crippen molar-refractivity contribution in [2.75, 3.05) is 19.0 Å². The van der Waals surface area contributed by atoms with Crippen LogP contribution >= 0.6 is 11.6 Å². The van der Waals surface area contributed by atoms with E-state index in [1.807, 2.05) is 0 Å². The van der Waals surface area contributed by atoms with E-state index in [1.54, 1.807) is 36.4 Å². The van der Waals surface area contributed by atoms with E-state index in [4.69, 9.17) is 16.3 Å². The van der Waals surface area contributed by atoms with E-state index in [2.05, 4.69) is 5.32 Å². The van der Waals surface area contributed by atoms with Crippen molar-refractivity contribution >= 4 is 17.3 Å². The number of halogens is 2. The molecule has 20 heavy (non-hydrogen) atoms. The zero-order chi connectivity index (χ0) is 14.5. The minimum Gasteiger partial charge on any atom is -0.496 e. The lowest BCUT2D eigenvalue weighted by Gasteiger charge is -2.21. The fourth-order valence-corrected chi connectivity index (χ4v) is 2.31. The van der Waals surface area contributed by atoms with Gasteiger partial charge in [0.2, 0.25) is 0 Å². The predicted octanol–water partition coefficient (Wildman–Crippen LogP) is 3.63. The van der Waals surface area contributed by atoms with Gasteiger partial charge in [0, 0.05) is 10.6 Å². The molecule has 106 valence electrons. The average Bonchev–Trinajstić information content (AvgIpc) is 2.47. The number of aliphatic hydroxyl groups excluding tert-OH is 1. The Morgan fingerprint density at radius 2 is 2.00 bits per heavy atom. The van der Waals surface area contributed by atoms with E-state index in [1.165, 1.54) is 13.2 Å². The molecule has 2 rings (SSSR count). The smallest absolute Gasteiger partial charge is 0.146 e. The number of aliphatic hydroxyl groups is 1. The molecular formula is C15H15ClFNO2. The van der Waals surface area contributed by atoms with Gasteiger partial charge in [0.05, 0.1) is 25.4 Å². The molecule has 0 amide bonds. The predicted molar refractivity (Wildman–Crippen MR) is 77.9 cm³/mol. The molecule has 0 aliphatic rings. The second-order valence-electron chi connectivity index (χ2n) is 4.22. The van der Waals surface area contributed by atoms with E-state index < -0.39 is 11.9 Å². The van der Waals surface area contributed by atoms with Crippen molar-refractivity contribution in [1.29, 1.82) is 0 Å². The van der Waals surface area contributed by atoms with Gasteiger partial charge in [-0.15, -0.1) is 0 Å². The summed E-state index contributed by atoms with van der Waals surface area (Å²) in [6, 6.07) is 10.9. The van der Waals surface area contributed by atoms with Crippen LogP contribution in [0.2, 0.25) is 5.02 Å². The lowest BCUT2D eigenvalue weighted by atomic mass is 10.1. The summed E-state index contributed by atoms with van der Waals surface area (Å²) in [5.74, 6) is 0.150. The second kappa shape index (κ2) is 6.59. The molecule has 0 spiro atoms. The van der Waals surface area contributed by atoms with Gasteiger partial charge in [-0.3, -0.25) is 0 Å². The first-order chi connectivity index (χ1) is 9.67. The number of anilines is 1. The molecule has 2 aromatic rings. The maximum absolute atomic E-state index is 13.7. The lowest BCUT2D eigenvalue weighted by molar-refractivity contribution is 0.273. The minimum absolute atomic E-state index is 0.242. The number of ether oxygens (including phenoxy) is 1. The quantitative estimate of drug-likeness (QED) is 0.885. The van der Waals surface area contributed by atoms with Crippen LogP contribution in [0.15, 0.2) is 42.5 Å². The molecular weight excluding hydrogens is 281 g/mol. The van der Waals surface area contributed by atoms with Crippen molar-refractivity contribution in [3.05, 3.63) is 58.9 Å². The third-order valence-corrected chi connectivity index (χ3v) is 3.30. The molecule has 0 heterocycles. The van der Waals surface area contributed by atoms with E-state index in [9.17, 15) is 9.50 Å². The first-order valence-electron chi connectivity index (χ1n) is 6.11. The van der Waals surface area contributed by atoms with Crippen molar-refractivity contribution in [3.8, 4) is 5.75 Å². The summed E-state index contributed by atoms with van der Waals surface area (Å²) in [6.07, 6.45) is 0. The van der Waals surface area contributed by atoms with Crippen LogP contribution in [0.1, 0.15) is 11.6 Å². The van der Waals surface area contributed by atoms with Gasteiger partial charge in [-0.25, -0.2) is 4.39 Å². The highest BCUT2D eigenvalue weighted by Crippen LogP contribution is 2.34. The van der Waals surface area contributed by atoms with Crippen LogP contribution in [-0.4, -0.2) is 18.8 Å². The summed E-state index contributed by atoms with van der Waals surface area (Å²) >= 11 is 6.16. The minimum atomic E-state index is -0.560. The molecule has 0 aliphatic carbocycles. The normalized spacial score (nSPS) is 12.0. The highest BCUT2D eigenvalue weighted by molar-refractivity contribution is 6.31. The number of para-hydroxylation sites is 1. The fraction of sp³-hybridized carbons (Fsp3) is 0.200. The lowest BCUT2D eigenvalue weighted by Crippen LogP contribution is -2.17. The van der Waals surface area contributed by atoms with E-state index in [0.717, 1.165) is 0 Å². The Kier molecular flexibility index (Phi) is 4.82. The van der Waals surface area contributed by atoms with E-state index in [0.29, 0.717) is 22.0 Å². The molecule has 5 heteroatoms. The SMILES string of the molecule is COc1cccc(Cl)c1C(CO)Nc1ccccc1F. The molecule has 1 unspecified atom stereocenters. The summed E-state index contributed by atoms with van der Waals surface area (Å²) in [4.78, 5) is 0. The Balaban J connectivity index is 2.36. The highest BCUT2D eigenvalue weighted by atomic mass is 35.5. The Labute approximate surface area is 122 Å². The maximum Gasteiger partial charge on any atom is 0.146 e. The summed E-state index contributed by atoms with van der Waals surface area (Å²) in [7, 11) is 1.52. The average molecular weight is 296 g/mol. The number of hydrogen-bond acceptors (Lipinski definition) is 3. The Hall–Kier alpha value is -1.78. The van der Waals surface area contributed by atoms with Gasteiger partial charge in [0.25, 0.3) is 0 Å². The Morgan fingerprint density at radius 1 is 1.25 bits per heavy atom. The maximum atomic E-state index is 13.7. The second-order valence-corrected chi connectivity index (χ2v) is 4.62. The van der Waals surface area contributed by atoms with Crippen LogP contribution in [0.5, 0.6) is 5.75 Å². The molecule has 2 aromatic carbocycles. The number of rotatable bonds is 5. The van der Waals surface area contributed by atoms with Gasteiger partial charge in [0.15, 0.2) is 0 Å². The van der Waals surface area contributed by atoms with Crippen LogP contribution in [0.25, 0.3) is 0 Å². The molecule has 3 nitrogen and oxygen atoms in total. The molecule has 2 N–H and O–H groups in total. The number of hydrogen-bond donors (Lipinski definition) is 2. The monoisotopic (exact) mass is 295 g/mol. The number of nitrogens with one attached hydrogen (secondary N) is 1. The van der Waals surface area contributed by atoms with E-state index in [-0.39, 0.29) is 6.61 Å². The van der Waals surface area contributed by atoms with Crippen LogP contribution in [0.3, 0.4) is 0 Å². The first-order valence-corrected chi connectivity index (χ1v) is 6.49. The van der Waals surface area contributed by atoms with Gasteiger partial charge >= 0.3 is 0 Å². The molecule has 0 radical (unpaired) electrons. The molecule has 1 atom stereocenters. The van der Waals surface area contributed by atoms with Gasteiger partial charge < -0.3 is 15.2 Å². The third kappa shape index (κ3) is 3.03. The zero-order valence-corrected chi connectivity index (χ0v) is 11.7. The molecule has 0 aliphatic heterocycles. The summed E-state index contributed by atoms with van der Waals surface area (Å²) in [5, 5.41) is 13.0. The van der Waals surface area contributed by atoms with Crippen molar-refractivity contribution in [1.82, 2.24) is 0 Å². The standard InChI is InChI=1S/C15H15ClFNO2/c1-20-14-8-4-5-10(16)15(14)13(9-19)18-12-7-3-2-6-11(12)17/h2-8,13,18-19H,9H2,1H3. The van der Waals surface area contributed by atoms with Crippen molar-refractivity contribution in [2.24, 2.45) is 0 Å². The first kappa shape index (κ1) is 14.6. The van der Waals surface area contributed by atoms with Crippen molar-refractivity contribution in [3.63, 3.8) is 0 Å². The van der Waals surface area contributed by atoms with Gasteiger partial charge in [-0.2, -0.15) is 0 Å². The van der Waals surface area contributed by atoms with Crippen molar-refractivity contribution < 1.29 is 14.2 Å². The Bertz CT molecular complexity index is 592. The molecule has 0 aromatic heterocycles. The zero-order valence-electron chi connectivity index (χ0n) is 10.9. The Morgan fingerprint density at radius 3 is 2.65 bits per heavy atom. The molecule has 0 bridgehead atoms. The largest absolute Gasteiger partial charge is 0.496 e. The highest BCUT2D eigenvalue weighted by Gasteiger charge is 2.19. The molecule has 0 fully saturated rings. The van der Waals surface area contributed by atoms with Crippen LogP contribution < -0.4 is 10.1 Å². The summed E-state index contributed by atoms with van der Waals surface area (Å²) in [5.41, 5.74) is 0.899. The van der Waals surface area contributed by atoms with Crippen LogP contribution in [0.4, 0.5) is 10.1 Å².